The Morgan fingerprint density at radius 2 is 1.25 bits per heavy atom. The molecule has 0 aromatic rings. The molecule has 0 rings (SSSR count). The van der Waals surface area contributed by atoms with E-state index in [0.717, 1.165) is 0 Å². The average molecular weight is 181 g/mol. The van der Waals surface area contributed by atoms with Crippen LogP contribution in [-0.4, -0.2) is 23.1 Å². The van der Waals surface area contributed by atoms with Gasteiger partial charge in [-0.05, 0) is 0 Å². The molecule has 0 nitrogen and oxygen atoms in total. The molecule has 0 N–H and O–H groups in total. The molecular weight excluding hydrogens is 179 g/mol. The second-order valence-corrected chi connectivity index (χ2v) is 0. The molecule has 0 saturated heterocycles. The number of hydrogen-bond donors (Lipinski definition) is 0. The summed E-state index contributed by atoms with van der Waals surface area (Å²) in [6.07, 6.45) is 0. The molecule has 0 saturated carbocycles. The first-order valence-corrected chi connectivity index (χ1v) is 1.60. The standard InChI is InChI=1S/Cu.Mg.Ni.S.2H. The first kappa shape index (κ1) is 16.7. The van der Waals surface area contributed by atoms with Crippen LogP contribution in [0.5, 0.6) is 0 Å². The van der Waals surface area contributed by atoms with Gasteiger partial charge in [-0.1, -0.05) is 0 Å². The molecule has 0 unspecified atom stereocenters. The summed E-state index contributed by atoms with van der Waals surface area (Å²) < 4.78 is 0. The van der Waals surface area contributed by atoms with E-state index in [1.807, 2.05) is 0 Å². The van der Waals surface area contributed by atoms with Gasteiger partial charge in [0.15, 0.2) is 0 Å². The normalized spacial score (nSPS) is 1.50. The molecule has 0 bridgehead atoms. The van der Waals surface area contributed by atoms with Crippen molar-refractivity contribution in [2.24, 2.45) is 0 Å². The predicted octanol–water partition coefficient (Wildman–Crippen LogP) is -0.273. The molecule has 1 radical (unpaired) electrons. The van der Waals surface area contributed by atoms with E-state index in [1.165, 1.54) is 0 Å². The molecule has 0 amide bonds. The molecule has 0 fully saturated rings. The molecule has 0 aromatic heterocycles. The van der Waals surface area contributed by atoms with E-state index in [0.29, 0.717) is 0 Å². The van der Waals surface area contributed by atoms with Crippen molar-refractivity contribution in [2.45, 2.75) is 0 Å². The van der Waals surface area contributed by atoms with Gasteiger partial charge in [0.25, 0.3) is 0 Å². The van der Waals surface area contributed by atoms with Crippen molar-refractivity contribution in [3.63, 3.8) is 0 Å². The van der Waals surface area contributed by atoms with E-state index in [-0.39, 0.29) is 40.1 Å². The molecule has 0 aliphatic rings. The zero-order chi connectivity index (χ0) is 2.00. The maximum atomic E-state index is 3.71. The summed E-state index contributed by atoms with van der Waals surface area (Å²) in [6.45, 7) is 0. The SMILES string of the molecule is [Cu].[MgH2].[S]=[Ni]. The second kappa shape index (κ2) is 20.0. The molecule has 0 heterocycles. The third kappa shape index (κ3) is 9.00. The van der Waals surface area contributed by atoms with Crippen molar-refractivity contribution >= 4 is 33.7 Å². The first-order valence-electron chi connectivity index (χ1n) is 0.129. The molecule has 0 aliphatic heterocycles. The maximum absolute atomic E-state index is 3.71. The van der Waals surface area contributed by atoms with Crippen molar-refractivity contribution < 1.29 is 30.9 Å². The van der Waals surface area contributed by atoms with Crippen LogP contribution in [0.25, 0.3) is 0 Å². The van der Waals surface area contributed by atoms with E-state index >= 15 is 0 Å². The van der Waals surface area contributed by atoms with Gasteiger partial charge < -0.3 is 0 Å². The molecule has 31 valence electrons. The summed E-state index contributed by atoms with van der Waals surface area (Å²) in [6, 6.07) is 0. The van der Waals surface area contributed by atoms with E-state index in [2.05, 4.69) is 24.5 Å². The molecule has 0 aliphatic carbocycles. The monoisotopic (exact) mass is 179 g/mol. The van der Waals surface area contributed by atoms with Gasteiger partial charge in [0, 0.05) is 17.1 Å². The van der Waals surface area contributed by atoms with Crippen LogP contribution in [0.3, 0.4) is 0 Å². The summed E-state index contributed by atoms with van der Waals surface area (Å²) in [5.74, 6) is 0. The molecule has 0 aromatic carbocycles. The van der Waals surface area contributed by atoms with E-state index in [1.54, 1.807) is 0 Å². The Balaban J connectivity index is -0.00000000500. The van der Waals surface area contributed by atoms with Gasteiger partial charge in [-0.2, -0.15) is 0 Å². The van der Waals surface area contributed by atoms with Gasteiger partial charge in [0.05, 0.1) is 0 Å². The Morgan fingerprint density at radius 3 is 1.25 bits per heavy atom. The fourth-order valence-corrected chi connectivity index (χ4v) is 0. The van der Waals surface area contributed by atoms with Gasteiger partial charge in [-0.15, -0.1) is 0 Å². The summed E-state index contributed by atoms with van der Waals surface area (Å²) in [7, 11) is 3.71. The molecule has 0 atom stereocenters. The molecule has 4 heteroatoms. The zero-order valence-corrected chi connectivity index (χ0v) is 3.77. The van der Waals surface area contributed by atoms with Gasteiger partial charge >= 0.3 is 47.6 Å². The first-order chi connectivity index (χ1) is 1.00. The van der Waals surface area contributed by atoms with Crippen LogP contribution in [0.2, 0.25) is 0 Å². The molecular formula is H2CuMgNiS. The molecule has 0 spiro atoms. The Kier molecular flexibility index (Phi) is 83.4. The minimum atomic E-state index is 0. The van der Waals surface area contributed by atoms with Crippen LogP contribution >= 0.6 is 10.7 Å². The van der Waals surface area contributed by atoms with Gasteiger partial charge in [0.1, 0.15) is 0 Å². The Morgan fingerprint density at radius 1 is 1.25 bits per heavy atom. The van der Waals surface area contributed by atoms with Crippen molar-refractivity contribution in [3.8, 4) is 0 Å². The Hall–Kier alpha value is 2.00. The Labute approximate surface area is 64.0 Å². The van der Waals surface area contributed by atoms with Crippen molar-refractivity contribution in [2.75, 3.05) is 0 Å². The fourth-order valence-electron chi connectivity index (χ4n) is 0. The second-order valence-electron chi connectivity index (χ2n) is 0. The summed E-state index contributed by atoms with van der Waals surface area (Å²) in [5.41, 5.74) is 0. The van der Waals surface area contributed by atoms with E-state index in [9.17, 15) is 0 Å². The van der Waals surface area contributed by atoms with Crippen LogP contribution < -0.4 is 0 Å². The van der Waals surface area contributed by atoms with E-state index < -0.39 is 0 Å². The summed E-state index contributed by atoms with van der Waals surface area (Å²) >= 11 is 3.46. The van der Waals surface area contributed by atoms with Gasteiger partial charge in [-0.3, -0.25) is 0 Å². The number of hydrogen-bond acceptors (Lipinski definition) is 1. The van der Waals surface area contributed by atoms with Crippen molar-refractivity contribution in [3.05, 3.63) is 0 Å². The summed E-state index contributed by atoms with van der Waals surface area (Å²) in [5, 5.41) is 0. The van der Waals surface area contributed by atoms with E-state index in [4.69, 9.17) is 0 Å². The van der Waals surface area contributed by atoms with Crippen molar-refractivity contribution in [1.29, 1.82) is 0 Å². The van der Waals surface area contributed by atoms with Crippen LogP contribution in [-0.2, 0) is 30.9 Å². The zero-order valence-electron chi connectivity index (χ0n) is 1.03. The quantitative estimate of drug-likeness (QED) is 0.463. The van der Waals surface area contributed by atoms with Gasteiger partial charge in [-0.25, -0.2) is 0 Å². The predicted molar refractivity (Wildman–Crippen MR) is 16.1 cm³/mol. The van der Waals surface area contributed by atoms with Crippen LogP contribution in [0.15, 0.2) is 0 Å². The third-order valence-electron chi connectivity index (χ3n) is 0. The van der Waals surface area contributed by atoms with Gasteiger partial charge in [0.2, 0.25) is 0 Å². The Bertz CT molecular complexity index is 8.00. The van der Waals surface area contributed by atoms with Crippen molar-refractivity contribution in [1.82, 2.24) is 0 Å². The summed E-state index contributed by atoms with van der Waals surface area (Å²) in [4.78, 5) is 0. The third-order valence-corrected chi connectivity index (χ3v) is 0. The minimum absolute atomic E-state index is 0. The average Bonchev–Trinajstić information content (AvgIpc) is 1.00. The van der Waals surface area contributed by atoms with Crippen LogP contribution in [0.4, 0.5) is 0 Å². The van der Waals surface area contributed by atoms with Crippen LogP contribution in [0, 0.1) is 0 Å². The number of rotatable bonds is 0. The topological polar surface area (TPSA) is 0 Å². The fraction of sp³-hybridized carbons (Fsp3) is 0. The van der Waals surface area contributed by atoms with Crippen LogP contribution in [0.1, 0.15) is 0 Å². The molecule has 4 heavy (non-hydrogen) atoms.